The summed E-state index contributed by atoms with van der Waals surface area (Å²) in [6.07, 6.45) is 2.85. The maximum Gasteiger partial charge on any atom is 0.263 e. The fourth-order valence-electron chi connectivity index (χ4n) is 1.17. The second-order valence-electron chi connectivity index (χ2n) is 2.85. The zero-order valence-corrected chi connectivity index (χ0v) is 8.47. The molecular formula is C9H9N5O2. The van der Waals surface area contributed by atoms with Gasteiger partial charge >= 0.3 is 0 Å². The van der Waals surface area contributed by atoms with Gasteiger partial charge in [-0.25, -0.2) is 10.1 Å². The van der Waals surface area contributed by atoms with Crippen molar-refractivity contribution < 1.29 is 9.53 Å². The number of anilines is 1. The third-order valence-electron chi connectivity index (χ3n) is 1.86. The molecule has 82 valence electrons. The summed E-state index contributed by atoms with van der Waals surface area (Å²) in [5, 5.41) is 8.66. The van der Waals surface area contributed by atoms with E-state index in [4.69, 9.17) is 4.74 Å². The van der Waals surface area contributed by atoms with Gasteiger partial charge in [-0.15, -0.1) is 0 Å². The van der Waals surface area contributed by atoms with Gasteiger partial charge in [-0.1, -0.05) is 0 Å². The van der Waals surface area contributed by atoms with Crippen LogP contribution in [0.3, 0.4) is 0 Å². The number of rotatable bonds is 3. The number of ether oxygens (including phenoxy) is 1. The van der Waals surface area contributed by atoms with Crippen molar-refractivity contribution in [1.29, 1.82) is 0 Å². The lowest BCUT2D eigenvalue weighted by Crippen LogP contribution is -2.14. The van der Waals surface area contributed by atoms with E-state index in [9.17, 15) is 4.79 Å². The standard InChI is InChI=1S/C9H9N5O2/c1-16-8-6(3-2-4-10-8)7(15)13-9-11-5-12-14-9/h2-5H,1H3,(H2,11,12,13,14,15). The summed E-state index contributed by atoms with van der Waals surface area (Å²) in [5.74, 6) is 0.178. The van der Waals surface area contributed by atoms with Crippen molar-refractivity contribution in [1.82, 2.24) is 20.2 Å². The molecule has 0 spiro atoms. The van der Waals surface area contributed by atoms with Crippen LogP contribution in [0.4, 0.5) is 5.95 Å². The summed E-state index contributed by atoms with van der Waals surface area (Å²) >= 11 is 0. The SMILES string of the molecule is COc1ncccc1C(=O)Nc1ncn[nH]1. The Morgan fingerprint density at radius 2 is 2.38 bits per heavy atom. The minimum Gasteiger partial charge on any atom is -0.480 e. The molecule has 2 rings (SSSR count). The van der Waals surface area contributed by atoms with Crippen molar-refractivity contribution in [2.75, 3.05) is 12.4 Å². The topological polar surface area (TPSA) is 92.8 Å². The second-order valence-corrected chi connectivity index (χ2v) is 2.85. The van der Waals surface area contributed by atoms with E-state index in [2.05, 4.69) is 25.5 Å². The first-order valence-corrected chi connectivity index (χ1v) is 4.47. The molecule has 0 aliphatic carbocycles. The number of nitrogens with zero attached hydrogens (tertiary/aromatic N) is 3. The molecule has 2 aromatic heterocycles. The molecule has 0 saturated carbocycles. The van der Waals surface area contributed by atoms with Gasteiger partial charge in [0.2, 0.25) is 11.8 Å². The first kappa shape index (κ1) is 10.1. The Labute approximate surface area is 90.9 Å². The normalized spacial score (nSPS) is 9.81. The number of hydrogen-bond donors (Lipinski definition) is 2. The first-order valence-electron chi connectivity index (χ1n) is 4.47. The zero-order valence-electron chi connectivity index (χ0n) is 8.47. The Kier molecular flexibility index (Phi) is 2.77. The molecule has 0 aliphatic rings. The van der Waals surface area contributed by atoms with E-state index in [1.54, 1.807) is 18.3 Å². The Morgan fingerprint density at radius 1 is 1.50 bits per heavy atom. The average Bonchev–Trinajstić information content (AvgIpc) is 2.81. The molecule has 2 heterocycles. The van der Waals surface area contributed by atoms with Crippen LogP contribution in [0.25, 0.3) is 0 Å². The summed E-state index contributed by atoms with van der Waals surface area (Å²) in [6.45, 7) is 0. The number of carbonyl (C=O) groups is 1. The van der Waals surface area contributed by atoms with Crippen LogP contribution in [0.5, 0.6) is 5.88 Å². The number of carbonyl (C=O) groups excluding carboxylic acids is 1. The molecule has 0 aliphatic heterocycles. The molecule has 2 N–H and O–H groups in total. The number of nitrogens with one attached hydrogen (secondary N) is 2. The van der Waals surface area contributed by atoms with E-state index in [1.165, 1.54) is 13.4 Å². The van der Waals surface area contributed by atoms with E-state index < -0.39 is 0 Å². The summed E-state index contributed by atoms with van der Waals surface area (Å²) in [5.41, 5.74) is 0.335. The molecule has 0 aromatic carbocycles. The molecule has 0 atom stereocenters. The minimum atomic E-state index is -0.360. The largest absolute Gasteiger partial charge is 0.480 e. The lowest BCUT2D eigenvalue weighted by molar-refractivity contribution is 0.102. The van der Waals surface area contributed by atoms with Gasteiger partial charge in [0.05, 0.1) is 7.11 Å². The van der Waals surface area contributed by atoms with Crippen LogP contribution in [0.1, 0.15) is 10.4 Å². The molecule has 1 amide bonds. The minimum absolute atomic E-state index is 0.263. The smallest absolute Gasteiger partial charge is 0.263 e. The molecule has 7 nitrogen and oxygen atoms in total. The summed E-state index contributed by atoms with van der Waals surface area (Å²) in [6, 6.07) is 3.26. The van der Waals surface area contributed by atoms with Crippen LogP contribution in [-0.4, -0.2) is 33.2 Å². The van der Waals surface area contributed by atoms with Crippen molar-refractivity contribution in [2.24, 2.45) is 0 Å². The van der Waals surface area contributed by atoms with Crippen molar-refractivity contribution in [3.63, 3.8) is 0 Å². The quantitative estimate of drug-likeness (QED) is 0.782. The molecule has 0 unspecified atom stereocenters. The highest BCUT2D eigenvalue weighted by Crippen LogP contribution is 2.14. The fourth-order valence-corrected chi connectivity index (χ4v) is 1.17. The van der Waals surface area contributed by atoms with Crippen LogP contribution in [0.2, 0.25) is 0 Å². The Balaban J connectivity index is 2.21. The maximum atomic E-state index is 11.8. The first-order chi connectivity index (χ1) is 7.81. The molecule has 2 aromatic rings. The van der Waals surface area contributed by atoms with E-state index in [-0.39, 0.29) is 17.7 Å². The zero-order chi connectivity index (χ0) is 11.4. The predicted molar refractivity (Wildman–Crippen MR) is 55.1 cm³/mol. The van der Waals surface area contributed by atoms with Crippen LogP contribution in [0, 0.1) is 0 Å². The van der Waals surface area contributed by atoms with Crippen molar-refractivity contribution in [3.8, 4) is 5.88 Å². The molecule has 0 saturated heterocycles. The third-order valence-corrected chi connectivity index (χ3v) is 1.86. The van der Waals surface area contributed by atoms with Gasteiger partial charge in [0, 0.05) is 6.20 Å². The molecule has 16 heavy (non-hydrogen) atoms. The highest BCUT2D eigenvalue weighted by atomic mass is 16.5. The monoisotopic (exact) mass is 219 g/mol. The molecule has 0 radical (unpaired) electrons. The number of H-pyrrole nitrogens is 1. The van der Waals surface area contributed by atoms with Gasteiger partial charge in [-0.3, -0.25) is 10.1 Å². The highest BCUT2D eigenvalue weighted by Gasteiger charge is 2.13. The van der Waals surface area contributed by atoms with Crippen LogP contribution >= 0.6 is 0 Å². The van der Waals surface area contributed by atoms with Gasteiger partial charge in [0.15, 0.2) is 0 Å². The van der Waals surface area contributed by atoms with Gasteiger partial charge in [0.25, 0.3) is 5.91 Å². The van der Waals surface area contributed by atoms with Crippen LogP contribution in [0.15, 0.2) is 24.7 Å². The highest BCUT2D eigenvalue weighted by molar-refractivity contribution is 6.04. The molecular weight excluding hydrogens is 210 g/mol. The number of aromatic nitrogens is 4. The summed E-state index contributed by atoms with van der Waals surface area (Å²) < 4.78 is 4.97. The van der Waals surface area contributed by atoms with Gasteiger partial charge < -0.3 is 4.74 Å². The number of methoxy groups -OCH3 is 1. The van der Waals surface area contributed by atoms with Gasteiger partial charge in [-0.2, -0.15) is 10.1 Å². The molecule has 0 bridgehead atoms. The Morgan fingerprint density at radius 3 is 3.06 bits per heavy atom. The number of aromatic amines is 1. The Bertz CT molecular complexity index is 482. The van der Waals surface area contributed by atoms with E-state index in [0.29, 0.717) is 5.56 Å². The number of hydrogen-bond acceptors (Lipinski definition) is 5. The lowest BCUT2D eigenvalue weighted by Gasteiger charge is -2.05. The predicted octanol–water partition coefficient (Wildman–Crippen LogP) is 0.461. The van der Waals surface area contributed by atoms with Gasteiger partial charge in [-0.05, 0) is 12.1 Å². The number of amides is 1. The van der Waals surface area contributed by atoms with E-state index >= 15 is 0 Å². The van der Waals surface area contributed by atoms with E-state index in [0.717, 1.165) is 0 Å². The third kappa shape index (κ3) is 1.97. The molecule has 7 heteroatoms. The van der Waals surface area contributed by atoms with E-state index in [1.807, 2.05) is 0 Å². The van der Waals surface area contributed by atoms with Crippen molar-refractivity contribution in [3.05, 3.63) is 30.2 Å². The molecule has 0 fully saturated rings. The maximum absolute atomic E-state index is 11.8. The van der Waals surface area contributed by atoms with Crippen LogP contribution in [-0.2, 0) is 0 Å². The van der Waals surface area contributed by atoms with Gasteiger partial charge in [0.1, 0.15) is 11.9 Å². The lowest BCUT2D eigenvalue weighted by atomic mass is 10.2. The summed E-state index contributed by atoms with van der Waals surface area (Å²) in [7, 11) is 1.45. The number of pyridine rings is 1. The second kappa shape index (κ2) is 4.39. The van der Waals surface area contributed by atoms with Crippen LogP contribution < -0.4 is 10.1 Å². The summed E-state index contributed by atoms with van der Waals surface area (Å²) in [4.78, 5) is 19.5. The van der Waals surface area contributed by atoms with Crippen molar-refractivity contribution in [2.45, 2.75) is 0 Å². The van der Waals surface area contributed by atoms with Crippen molar-refractivity contribution >= 4 is 11.9 Å². The Hall–Kier alpha value is -2.44. The fraction of sp³-hybridized carbons (Fsp3) is 0.111. The average molecular weight is 219 g/mol.